The molecule has 1 aliphatic heterocycles. The number of benzene rings is 1. The third-order valence-corrected chi connectivity index (χ3v) is 3.85. The smallest absolute Gasteiger partial charge is 0.223 e. The third-order valence-electron chi connectivity index (χ3n) is 3.85. The first-order chi connectivity index (χ1) is 10.1. The van der Waals surface area contributed by atoms with Crippen molar-refractivity contribution in [2.75, 3.05) is 13.1 Å². The van der Waals surface area contributed by atoms with E-state index in [0.717, 1.165) is 19.4 Å². The zero-order valence-corrected chi connectivity index (χ0v) is 11.9. The fraction of sp³-hybridized carbons (Fsp3) is 0.467. The highest BCUT2D eigenvalue weighted by Crippen LogP contribution is 2.31. The van der Waals surface area contributed by atoms with Gasteiger partial charge in [-0.2, -0.15) is 4.98 Å². The Balaban J connectivity index is 1.71. The predicted octanol–water partition coefficient (Wildman–Crippen LogP) is 2.39. The monoisotopic (exact) mass is 291 g/mol. The second kappa shape index (κ2) is 5.91. The van der Waals surface area contributed by atoms with Crippen molar-refractivity contribution in [1.29, 1.82) is 0 Å². The second-order valence-electron chi connectivity index (χ2n) is 5.40. The molecule has 1 saturated heterocycles. The number of aliphatic hydroxyl groups is 1. The standard InChI is InChI=1S/C15H18FN3O2/c1-10-17-15(18-21-10)13-6-3-7-19(13)9-14(20)11-4-2-5-12(16)8-11/h2,4-5,8,13-14,20H,3,6-7,9H2,1H3/t13-,14-/m1/s1. The first-order valence-corrected chi connectivity index (χ1v) is 7.11. The molecule has 5 nitrogen and oxygen atoms in total. The lowest BCUT2D eigenvalue weighted by Crippen LogP contribution is -2.29. The average Bonchev–Trinajstić information content (AvgIpc) is 3.07. The normalized spacial score (nSPS) is 20.8. The highest BCUT2D eigenvalue weighted by Gasteiger charge is 2.31. The van der Waals surface area contributed by atoms with E-state index in [0.29, 0.717) is 23.8 Å². The number of β-amino-alcohol motifs (C(OH)–C–C–N with tert-alkyl or cyclic N) is 1. The van der Waals surface area contributed by atoms with Crippen molar-refractivity contribution in [2.24, 2.45) is 0 Å². The van der Waals surface area contributed by atoms with E-state index in [1.54, 1.807) is 19.1 Å². The number of nitrogens with zero attached hydrogens (tertiary/aromatic N) is 3. The summed E-state index contributed by atoms with van der Waals surface area (Å²) in [7, 11) is 0. The van der Waals surface area contributed by atoms with Crippen LogP contribution in [0.1, 0.15) is 42.3 Å². The highest BCUT2D eigenvalue weighted by atomic mass is 19.1. The lowest BCUT2D eigenvalue weighted by Gasteiger charge is -2.24. The molecule has 3 rings (SSSR count). The van der Waals surface area contributed by atoms with E-state index < -0.39 is 6.10 Å². The fourth-order valence-electron chi connectivity index (χ4n) is 2.83. The Morgan fingerprint density at radius 1 is 1.52 bits per heavy atom. The molecule has 6 heteroatoms. The van der Waals surface area contributed by atoms with Crippen LogP contribution in [-0.4, -0.2) is 33.2 Å². The van der Waals surface area contributed by atoms with Crippen LogP contribution in [0, 0.1) is 12.7 Å². The molecule has 1 aromatic heterocycles. The van der Waals surface area contributed by atoms with Crippen molar-refractivity contribution in [2.45, 2.75) is 31.9 Å². The van der Waals surface area contributed by atoms with Crippen molar-refractivity contribution < 1.29 is 14.0 Å². The van der Waals surface area contributed by atoms with Gasteiger partial charge in [0.05, 0.1) is 12.1 Å². The molecular weight excluding hydrogens is 273 g/mol. The Morgan fingerprint density at radius 3 is 3.10 bits per heavy atom. The molecule has 1 aliphatic rings. The van der Waals surface area contributed by atoms with Gasteiger partial charge in [0, 0.05) is 13.5 Å². The summed E-state index contributed by atoms with van der Waals surface area (Å²) >= 11 is 0. The molecule has 0 amide bonds. The Bertz CT molecular complexity index is 616. The molecule has 1 fully saturated rings. The Hall–Kier alpha value is -1.79. The van der Waals surface area contributed by atoms with Crippen molar-refractivity contribution in [1.82, 2.24) is 15.0 Å². The number of likely N-dealkylation sites (tertiary alicyclic amines) is 1. The van der Waals surface area contributed by atoms with Crippen molar-refractivity contribution >= 4 is 0 Å². The average molecular weight is 291 g/mol. The Morgan fingerprint density at radius 2 is 2.38 bits per heavy atom. The Kier molecular flexibility index (Phi) is 3.98. The number of hydrogen-bond donors (Lipinski definition) is 1. The minimum atomic E-state index is -0.728. The summed E-state index contributed by atoms with van der Waals surface area (Å²) in [6.07, 6.45) is 1.23. The molecule has 0 unspecified atom stereocenters. The molecule has 21 heavy (non-hydrogen) atoms. The number of halogens is 1. The van der Waals surface area contributed by atoms with Crippen LogP contribution in [-0.2, 0) is 0 Å². The molecule has 0 spiro atoms. The van der Waals surface area contributed by atoms with Crippen LogP contribution in [0.4, 0.5) is 4.39 Å². The van der Waals surface area contributed by atoms with E-state index in [2.05, 4.69) is 15.0 Å². The van der Waals surface area contributed by atoms with E-state index in [1.807, 2.05) is 0 Å². The number of hydrogen-bond acceptors (Lipinski definition) is 5. The molecule has 112 valence electrons. The quantitative estimate of drug-likeness (QED) is 0.937. The minimum Gasteiger partial charge on any atom is -0.387 e. The van der Waals surface area contributed by atoms with Gasteiger partial charge < -0.3 is 9.63 Å². The maximum atomic E-state index is 13.2. The van der Waals surface area contributed by atoms with Crippen molar-refractivity contribution in [3.8, 4) is 0 Å². The fourth-order valence-corrected chi connectivity index (χ4v) is 2.83. The number of aromatic nitrogens is 2. The van der Waals surface area contributed by atoms with Crippen LogP contribution in [0.15, 0.2) is 28.8 Å². The third kappa shape index (κ3) is 3.11. The first-order valence-electron chi connectivity index (χ1n) is 7.11. The van der Waals surface area contributed by atoms with E-state index in [1.165, 1.54) is 12.1 Å². The summed E-state index contributed by atoms with van der Waals surface area (Å²) in [5.41, 5.74) is 0.588. The lowest BCUT2D eigenvalue weighted by molar-refractivity contribution is 0.103. The predicted molar refractivity (Wildman–Crippen MR) is 73.9 cm³/mol. The van der Waals surface area contributed by atoms with Crippen LogP contribution in [0.5, 0.6) is 0 Å². The van der Waals surface area contributed by atoms with Gasteiger partial charge >= 0.3 is 0 Å². The van der Waals surface area contributed by atoms with Gasteiger partial charge in [0.2, 0.25) is 5.89 Å². The van der Waals surface area contributed by atoms with Gasteiger partial charge in [0.15, 0.2) is 5.82 Å². The van der Waals surface area contributed by atoms with E-state index >= 15 is 0 Å². The number of aliphatic hydroxyl groups excluding tert-OH is 1. The SMILES string of the molecule is Cc1nc([C@H]2CCCN2C[C@@H](O)c2cccc(F)c2)no1. The van der Waals surface area contributed by atoms with Gasteiger partial charge in [0.25, 0.3) is 0 Å². The molecule has 0 radical (unpaired) electrons. The summed E-state index contributed by atoms with van der Waals surface area (Å²) in [6.45, 7) is 3.06. The van der Waals surface area contributed by atoms with Gasteiger partial charge in [-0.1, -0.05) is 17.3 Å². The maximum absolute atomic E-state index is 13.2. The molecule has 0 aliphatic carbocycles. The first kappa shape index (κ1) is 14.2. The van der Waals surface area contributed by atoms with Crippen LogP contribution in [0.25, 0.3) is 0 Å². The van der Waals surface area contributed by atoms with E-state index in [4.69, 9.17) is 4.52 Å². The second-order valence-corrected chi connectivity index (χ2v) is 5.40. The highest BCUT2D eigenvalue weighted by molar-refractivity contribution is 5.19. The minimum absolute atomic E-state index is 0.0608. The molecule has 2 heterocycles. The summed E-state index contributed by atoms with van der Waals surface area (Å²) in [5.74, 6) is 0.872. The van der Waals surface area contributed by atoms with Gasteiger partial charge in [-0.05, 0) is 37.1 Å². The van der Waals surface area contributed by atoms with E-state index in [9.17, 15) is 9.50 Å². The Labute approximate surface area is 122 Å². The van der Waals surface area contributed by atoms with Crippen molar-refractivity contribution in [3.05, 3.63) is 47.4 Å². The zero-order chi connectivity index (χ0) is 14.8. The van der Waals surface area contributed by atoms with Crippen LogP contribution >= 0.6 is 0 Å². The molecule has 0 bridgehead atoms. The zero-order valence-electron chi connectivity index (χ0n) is 11.9. The van der Waals surface area contributed by atoms with Crippen LogP contribution < -0.4 is 0 Å². The van der Waals surface area contributed by atoms with Gasteiger partial charge in [-0.3, -0.25) is 4.90 Å². The van der Waals surface area contributed by atoms with Crippen molar-refractivity contribution in [3.63, 3.8) is 0 Å². The molecule has 1 N–H and O–H groups in total. The number of aryl methyl sites for hydroxylation is 1. The summed E-state index contributed by atoms with van der Waals surface area (Å²) < 4.78 is 18.3. The summed E-state index contributed by atoms with van der Waals surface area (Å²) in [4.78, 5) is 6.40. The van der Waals surface area contributed by atoms with Gasteiger partial charge in [-0.15, -0.1) is 0 Å². The van der Waals surface area contributed by atoms with Crippen LogP contribution in [0.3, 0.4) is 0 Å². The lowest BCUT2D eigenvalue weighted by atomic mass is 10.1. The molecule has 2 aromatic rings. The summed E-state index contributed by atoms with van der Waals surface area (Å²) in [5, 5.41) is 14.3. The van der Waals surface area contributed by atoms with E-state index in [-0.39, 0.29) is 11.9 Å². The molecular formula is C15H18FN3O2. The molecule has 2 atom stereocenters. The molecule has 0 saturated carbocycles. The van der Waals surface area contributed by atoms with Gasteiger partial charge in [-0.25, -0.2) is 4.39 Å². The number of rotatable bonds is 4. The maximum Gasteiger partial charge on any atom is 0.223 e. The van der Waals surface area contributed by atoms with Crippen LogP contribution in [0.2, 0.25) is 0 Å². The molecule has 1 aromatic carbocycles. The summed E-state index contributed by atoms with van der Waals surface area (Å²) in [6, 6.07) is 6.14. The largest absolute Gasteiger partial charge is 0.387 e. The van der Waals surface area contributed by atoms with Gasteiger partial charge in [0.1, 0.15) is 5.82 Å². The topological polar surface area (TPSA) is 62.4 Å².